The summed E-state index contributed by atoms with van der Waals surface area (Å²) in [6, 6.07) is 5.53. The molecule has 1 aliphatic rings. The Morgan fingerprint density at radius 1 is 1.24 bits per heavy atom. The fourth-order valence-corrected chi connectivity index (χ4v) is 2.63. The second-order valence-electron chi connectivity index (χ2n) is 5.51. The van der Waals surface area contributed by atoms with Crippen molar-refractivity contribution in [3.63, 3.8) is 0 Å². The zero-order valence-electron chi connectivity index (χ0n) is 10.9. The Bertz CT molecular complexity index is 367. The molecule has 1 aromatic carbocycles. The lowest BCUT2D eigenvalue weighted by Gasteiger charge is -2.26. The quantitative estimate of drug-likeness (QED) is 0.775. The molecule has 2 rings (SSSR count). The van der Waals surface area contributed by atoms with Crippen molar-refractivity contribution in [3.8, 4) is 5.75 Å². The molecular formula is C15H23NO. The Kier molecular flexibility index (Phi) is 3.93. The second kappa shape index (κ2) is 5.44. The molecule has 94 valence electrons. The van der Waals surface area contributed by atoms with Gasteiger partial charge in [0.05, 0.1) is 0 Å². The van der Waals surface area contributed by atoms with E-state index in [0.717, 1.165) is 29.6 Å². The van der Waals surface area contributed by atoms with E-state index in [2.05, 4.69) is 12.2 Å². The standard InChI is InChI=1S/C15H23NO/c1-11-3-5-13(6-4-11)10-16-15-8-7-14(17)9-12(15)2/h7-9,11,13,16-17H,3-6,10H2,1-2H3. The van der Waals surface area contributed by atoms with Gasteiger partial charge in [-0.05, 0) is 55.4 Å². The second-order valence-corrected chi connectivity index (χ2v) is 5.51. The van der Waals surface area contributed by atoms with E-state index in [9.17, 15) is 5.11 Å². The number of benzene rings is 1. The lowest BCUT2D eigenvalue weighted by Crippen LogP contribution is -2.20. The van der Waals surface area contributed by atoms with E-state index in [1.807, 2.05) is 19.1 Å². The Morgan fingerprint density at radius 2 is 1.94 bits per heavy atom. The molecule has 1 aliphatic carbocycles. The van der Waals surface area contributed by atoms with Crippen molar-refractivity contribution in [2.75, 3.05) is 11.9 Å². The van der Waals surface area contributed by atoms with Crippen LogP contribution < -0.4 is 5.32 Å². The first kappa shape index (κ1) is 12.3. The Labute approximate surface area is 104 Å². The minimum absolute atomic E-state index is 0.347. The molecule has 1 aromatic rings. The molecule has 0 amide bonds. The average molecular weight is 233 g/mol. The van der Waals surface area contributed by atoms with Gasteiger partial charge in [0, 0.05) is 12.2 Å². The molecule has 2 nitrogen and oxygen atoms in total. The third-order valence-electron chi connectivity index (χ3n) is 3.93. The Hall–Kier alpha value is -1.18. The van der Waals surface area contributed by atoms with Crippen LogP contribution in [-0.2, 0) is 0 Å². The van der Waals surface area contributed by atoms with Crippen LogP contribution in [-0.4, -0.2) is 11.7 Å². The summed E-state index contributed by atoms with van der Waals surface area (Å²) in [6.07, 6.45) is 5.46. The number of nitrogens with one attached hydrogen (secondary N) is 1. The van der Waals surface area contributed by atoms with Gasteiger partial charge in [-0.2, -0.15) is 0 Å². The topological polar surface area (TPSA) is 32.3 Å². The molecule has 0 saturated heterocycles. The van der Waals surface area contributed by atoms with Crippen molar-refractivity contribution in [2.45, 2.75) is 39.5 Å². The monoisotopic (exact) mass is 233 g/mol. The highest BCUT2D eigenvalue weighted by atomic mass is 16.3. The molecule has 2 heteroatoms. The van der Waals surface area contributed by atoms with Gasteiger partial charge in [0.25, 0.3) is 0 Å². The molecule has 1 fully saturated rings. The van der Waals surface area contributed by atoms with Gasteiger partial charge >= 0.3 is 0 Å². The van der Waals surface area contributed by atoms with Crippen molar-refractivity contribution in [2.24, 2.45) is 11.8 Å². The minimum Gasteiger partial charge on any atom is -0.508 e. The van der Waals surface area contributed by atoms with Crippen LogP contribution >= 0.6 is 0 Å². The molecule has 0 atom stereocenters. The highest BCUT2D eigenvalue weighted by molar-refractivity contribution is 5.53. The van der Waals surface area contributed by atoms with Crippen LogP contribution in [0.15, 0.2) is 18.2 Å². The van der Waals surface area contributed by atoms with Gasteiger partial charge in [-0.25, -0.2) is 0 Å². The number of hydrogen-bond acceptors (Lipinski definition) is 2. The maximum Gasteiger partial charge on any atom is 0.115 e. The van der Waals surface area contributed by atoms with Crippen LogP contribution in [0.1, 0.15) is 38.2 Å². The van der Waals surface area contributed by atoms with Crippen molar-refractivity contribution in [3.05, 3.63) is 23.8 Å². The van der Waals surface area contributed by atoms with Gasteiger partial charge in [0.15, 0.2) is 0 Å². The van der Waals surface area contributed by atoms with Crippen molar-refractivity contribution < 1.29 is 5.11 Å². The number of phenols is 1. The van der Waals surface area contributed by atoms with E-state index >= 15 is 0 Å². The largest absolute Gasteiger partial charge is 0.508 e. The van der Waals surface area contributed by atoms with Crippen LogP contribution in [0, 0.1) is 18.8 Å². The number of rotatable bonds is 3. The van der Waals surface area contributed by atoms with Crippen molar-refractivity contribution in [1.29, 1.82) is 0 Å². The van der Waals surface area contributed by atoms with Crippen LogP contribution in [0.3, 0.4) is 0 Å². The zero-order chi connectivity index (χ0) is 12.3. The van der Waals surface area contributed by atoms with E-state index in [-0.39, 0.29) is 0 Å². The fraction of sp³-hybridized carbons (Fsp3) is 0.600. The number of hydrogen-bond donors (Lipinski definition) is 2. The van der Waals surface area contributed by atoms with E-state index in [1.54, 1.807) is 6.07 Å². The van der Waals surface area contributed by atoms with E-state index in [1.165, 1.54) is 25.7 Å². The smallest absolute Gasteiger partial charge is 0.115 e. The maximum absolute atomic E-state index is 9.36. The molecule has 0 heterocycles. The highest BCUT2D eigenvalue weighted by Gasteiger charge is 2.17. The van der Waals surface area contributed by atoms with E-state index in [0.29, 0.717) is 5.75 Å². The molecule has 0 spiro atoms. The molecule has 0 radical (unpaired) electrons. The number of anilines is 1. The van der Waals surface area contributed by atoms with Gasteiger partial charge < -0.3 is 10.4 Å². The average Bonchev–Trinajstić information content (AvgIpc) is 2.30. The van der Waals surface area contributed by atoms with Crippen LogP contribution in [0.25, 0.3) is 0 Å². The summed E-state index contributed by atoms with van der Waals surface area (Å²) < 4.78 is 0. The van der Waals surface area contributed by atoms with Crippen LogP contribution in [0.2, 0.25) is 0 Å². The lowest BCUT2D eigenvalue weighted by molar-refractivity contribution is 0.300. The van der Waals surface area contributed by atoms with Gasteiger partial charge in [0.2, 0.25) is 0 Å². The summed E-state index contributed by atoms with van der Waals surface area (Å²) in [5, 5.41) is 12.9. The predicted octanol–water partition coefficient (Wildman–Crippen LogP) is 3.94. The minimum atomic E-state index is 0.347. The van der Waals surface area contributed by atoms with Crippen LogP contribution in [0.5, 0.6) is 5.75 Å². The molecule has 0 bridgehead atoms. The van der Waals surface area contributed by atoms with Gasteiger partial charge in [-0.1, -0.05) is 19.8 Å². The van der Waals surface area contributed by atoms with E-state index < -0.39 is 0 Å². The predicted molar refractivity (Wildman–Crippen MR) is 72.5 cm³/mol. The van der Waals surface area contributed by atoms with Gasteiger partial charge in [-0.15, -0.1) is 0 Å². The molecule has 2 N–H and O–H groups in total. The third kappa shape index (κ3) is 3.39. The number of aryl methyl sites for hydroxylation is 1. The van der Waals surface area contributed by atoms with Crippen molar-refractivity contribution in [1.82, 2.24) is 0 Å². The Morgan fingerprint density at radius 3 is 2.59 bits per heavy atom. The molecular weight excluding hydrogens is 210 g/mol. The van der Waals surface area contributed by atoms with Gasteiger partial charge in [0.1, 0.15) is 5.75 Å². The summed E-state index contributed by atoms with van der Waals surface area (Å²) in [6.45, 7) is 5.46. The fourth-order valence-electron chi connectivity index (χ4n) is 2.63. The third-order valence-corrected chi connectivity index (χ3v) is 3.93. The first-order valence-corrected chi connectivity index (χ1v) is 6.68. The number of aromatic hydroxyl groups is 1. The molecule has 0 aliphatic heterocycles. The lowest BCUT2D eigenvalue weighted by atomic mass is 9.83. The highest BCUT2D eigenvalue weighted by Crippen LogP contribution is 2.29. The maximum atomic E-state index is 9.36. The van der Waals surface area contributed by atoms with E-state index in [4.69, 9.17) is 0 Å². The van der Waals surface area contributed by atoms with Gasteiger partial charge in [-0.3, -0.25) is 0 Å². The molecule has 0 unspecified atom stereocenters. The molecule has 0 aromatic heterocycles. The number of phenolic OH excluding ortho intramolecular Hbond substituents is 1. The van der Waals surface area contributed by atoms with Crippen LogP contribution in [0.4, 0.5) is 5.69 Å². The summed E-state index contributed by atoms with van der Waals surface area (Å²) in [7, 11) is 0. The first-order chi connectivity index (χ1) is 8.15. The summed E-state index contributed by atoms with van der Waals surface area (Å²) in [5.74, 6) is 2.08. The first-order valence-electron chi connectivity index (χ1n) is 6.68. The summed E-state index contributed by atoms with van der Waals surface area (Å²) in [4.78, 5) is 0. The SMILES string of the molecule is Cc1cc(O)ccc1NCC1CCC(C)CC1. The van der Waals surface area contributed by atoms with Crippen molar-refractivity contribution >= 4 is 5.69 Å². The summed E-state index contributed by atoms with van der Waals surface area (Å²) in [5.41, 5.74) is 2.27. The molecule has 17 heavy (non-hydrogen) atoms. The molecule has 1 saturated carbocycles. The normalized spacial score (nSPS) is 24.6. The zero-order valence-corrected chi connectivity index (χ0v) is 10.9. The summed E-state index contributed by atoms with van der Waals surface area (Å²) >= 11 is 0. The Balaban J connectivity index is 1.85.